The van der Waals surface area contributed by atoms with Crippen molar-refractivity contribution in [1.82, 2.24) is 9.97 Å². The third-order valence-corrected chi connectivity index (χ3v) is 1.85. The van der Waals surface area contributed by atoms with Crippen LogP contribution in [0.4, 0.5) is 8.78 Å². The lowest BCUT2D eigenvalue weighted by atomic mass is 10.1. The van der Waals surface area contributed by atoms with E-state index >= 15 is 0 Å². The second-order valence-electron chi connectivity index (χ2n) is 2.95. The summed E-state index contributed by atoms with van der Waals surface area (Å²) >= 11 is 0. The van der Waals surface area contributed by atoms with Gasteiger partial charge >= 0.3 is 5.69 Å². The van der Waals surface area contributed by atoms with Crippen LogP contribution in [-0.2, 0) is 0 Å². The summed E-state index contributed by atoms with van der Waals surface area (Å²) in [5.74, 6) is -1.38. The fourth-order valence-corrected chi connectivity index (χ4v) is 1.25. The predicted molar refractivity (Wildman–Crippen MR) is 50.2 cm³/mol. The van der Waals surface area contributed by atoms with Crippen LogP contribution in [0.15, 0.2) is 35.3 Å². The first-order valence-electron chi connectivity index (χ1n) is 4.17. The number of nitrogens with one attached hydrogen (secondary N) is 1. The molecule has 15 heavy (non-hydrogen) atoms. The Morgan fingerprint density at radius 2 is 1.80 bits per heavy atom. The number of hydrogen-bond acceptors (Lipinski definition) is 2. The summed E-state index contributed by atoms with van der Waals surface area (Å²) in [6.07, 6.45) is 1.27. The van der Waals surface area contributed by atoms with Gasteiger partial charge in [-0.3, -0.25) is 0 Å². The largest absolute Gasteiger partial charge is 0.345 e. The molecule has 0 aliphatic rings. The summed E-state index contributed by atoms with van der Waals surface area (Å²) in [5, 5.41) is 0. The Labute approximate surface area is 83.4 Å². The molecular weight excluding hydrogens is 202 g/mol. The maximum absolute atomic E-state index is 12.9. The molecule has 0 saturated carbocycles. The van der Waals surface area contributed by atoms with Gasteiger partial charge in [0.25, 0.3) is 0 Å². The molecule has 2 rings (SSSR count). The lowest BCUT2D eigenvalue weighted by molar-refractivity contribution is 0.584. The van der Waals surface area contributed by atoms with Crippen LogP contribution in [0.1, 0.15) is 0 Å². The highest BCUT2D eigenvalue weighted by atomic mass is 19.1. The van der Waals surface area contributed by atoms with Crippen molar-refractivity contribution in [2.45, 2.75) is 0 Å². The van der Waals surface area contributed by atoms with Crippen LogP contribution in [0.2, 0.25) is 0 Å². The van der Waals surface area contributed by atoms with E-state index in [0.717, 1.165) is 18.2 Å². The fraction of sp³-hybridized carbons (Fsp3) is 0. The number of hydrogen-bond donors (Lipinski definition) is 1. The average molecular weight is 208 g/mol. The predicted octanol–water partition coefficient (Wildman–Crippen LogP) is 1.72. The molecule has 0 aliphatic heterocycles. The van der Waals surface area contributed by atoms with E-state index in [1.807, 2.05) is 0 Å². The Morgan fingerprint density at radius 1 is 1.13 bits per heavy atom. The first-order chi connectivity index (χ1) is 7.15. The smallest absolute Gasteiger partial charge is 0.305 e. The van der Waals surface area contributed by atoms with Gasteiger partial charge in [0, 0.05) is 17.8 Å². The van der Waals surface area contributed by atoms with E-state index < -0.39 is 17.3 Å². The summed E-state index contributed by atoms with van der Waals surface area (Å²) in [4.78, 5) is 16.7. The second kappa shape index (κ2) is 3.61. The number of H-pyrrole nitrogens is 1. The van der Waals surface area contributed by atoms with E-state index in [1.165, 1.54) is 12.3 Å². The Morgan fingerprint density at radius 3 is 2.40 bits per heavy atom. The topological polar surface area (TPSA) is 45.8 Å². The highest BCUT2D eigenvalue weighted by molar-refractivity contribution is 5.58. The maximum atomic E-state index is 12.9. The van der Waals surface area contributed by atoms with Crippen LogP contribution in [0.3, 0.4) is 0 Å². The van der Waals surface area contributed by atoms with E-state index in [4.69, 9.17) is 0 Å². The van der Waals surface area contributed by atoms with E-state index in [9.17, 15) is 13.6 Å². The van der Waals surface area contributed by atoms with Crippen molar-refractivity contribution in [3.63, 3.8) is 0 Å². The SMILES string of the molecule is O=c1nccc(-c2cc(F)cc(F)c2)[nH]1. The Bertz CT molecular complexity index is 531. The van der Waals surface area contributed by atoms with Gasteiger partial charge in [0.1, 0.15) is 11.6 Å². The Balaban J connectivity index is 2.58. The number of aromatic nitrogens is 2. The van der Waals surface area contributed by atoms with E-state index in [-0.39, 0.29) is 5.56 Å². The molecule has 1 heterocycles. The standard InChI is InChI=1S/C10H6F2N2O/c11-7-3-6(4-8(12)5-7)9-1-2-13-10(15)14-9/h1-5H,(H,13,14,15). The lowest BCUT2D eigenvalue weighted by Crippen LogP contribution is -2.09. The van der Waals surface area contributed by atoms with Crippen molar-refractivity contribution in [2.24, 2.45) is 0 Å². The molecule has 1 N–H and O–H groups in total. The third-order valence-electron chi connectivity index (χ3n) is 1.85. The third kappa shape index (κ3) is 2.07. The molecule has 0 aliphatic carbocycles. The highest BCUT2D eigenvalue weighted by Crippen LogP contribution is 2.17. The van der Waals surface area contributed by atoms with Crippen LogP contribution >= 0.6 is 0 Å². The van der Waals surface area contributed by atoms with Crippen LogP contribution < -0.4 is 5.69 Å². The quantitative estimate of drug-likeness (QED) is 0.775. The van der Waals surface area contributed by atoms with E-state index in [2.05, 4.69) is 9.97 Å². The van der Waals surface area contributed by atoms with Crippen molar-refractivity contribution < 1.29 is 8.78 Å². The number of aromatic amines is 1. The molecule has 0 radical (unpaired) electrons. The van der Waals surface area contributed by atoms with Gasteiger partial charge in [-0.25, -0.2) is 18.6 Å². The van der Waals surface area contributed by atoms with Crippen LogP contribution in [0.25, 0.3) is 11.3 Å². The molecule has 0 unspecified atom stereocenters. The maximum Gasteiger partial charge on any atom is 0.345 e. The van der Waals surface area contributed by atoms with Crippen molar-refractivity contribution in [2.75, 3.05) is 0 Å². The van der Waals surface area contributed by atoms with Gasteiger partial charge in [-0.15, -0.1) is 0 Å². The Hall–Kier alpha value is -2.04. The van der Waals surface area contributed by atoms with Gasteiger partial charge in [0.05, 0.1) is 5.69 Å². The van der Waals surface area contributed by atoms with Gasteiger partial charge in [-0.05, 0) is 18.2 Å². The van der Waals surface area contributed by atoms with Crippen LogP contribution in [0, 0.1) is 11.6 Å². The summed E-state index contributed by atoms with van der Waals surface area (Å²) in [6.45, 7) is 0. The number of nitrogens with zero attached hydrogens (tertiary/aromatic N) is 1. The molecule has 2 aromatic rings. The zero-order valence-electron chi connectivity index (χ0n) is 7.50. The summed E-state index contributed by atoms with van der Waals surface area (Å²) < 4.78 is 25.7. The minimum absolute atomic E-state index is 0.270. The van der Waals surface area contributed by atoms with Crippen molar-refractivity contribution in [3.8, 4) is 11.3 Å². The lowest BCUT2D eigenvalue weighted by Gasteiger charge is -2.00. The van der Waals surface area contributed by atoms with E-state index in [0.29, 0.717) is 5.69 Å². The fourth-order valence-electron chi connectivity index (χ4n) is 1.25. The molecule has 5 heteroatoms. The molecule has 0 atom stereocenters. The van der Waals surface area contributed by atoms with Gasteiger partial charge in [-0.2, -0.15) is 0 Å². The minimum atomic E-state index is -0.692. The second-order valence-corrected chi connectivity index (χ2v) is 2.95. The van der Waals surface area contributed by atoms with Gasteiger partial charge in [0.2, 0.25) is 0 Å². The molecular formula is C10H6F2N2O. The molecule has 1 aromatic heterocycles. The number of rotatable bonds is 1. The summed E-state index contributed by atoms with van der Waals surface area (Å²) in [6, 6.07) is 4.50. The summed E-state index contributed by atoms with van der Waals surface area (Å²) in [5.41, 5.74) is 0.0394. The number of halogens is 2. The van der Waals surface area contributed by atoms with Crippen molar-refractivity contribution in [3.05, 3.63) is 52.6 Å². The molecule has 0 saturated heterocycles. The zero-order valence-corrected chi connectivity index (χ0v) is 7.50. The van der Waals surface area contributed by atoms with E-state index in [1.54, 1.807) is 0 Å². The zero-order chi connectivity index (χ0) is 10.8. The number of benzene rings is 1. The molecule has 3 nitrogen and oxygen atoms in total. The molecule has 0 fully saturated rings. The summed E-state index contributed by atoms with van der Waals surface area (Å²) in [7, 11) is 0. The highest BCUT2D eigenvalue weighted by Gasteiger charge is 2.03. The Kier molecular flexibility index (Phi) is 2.29. The normalized spacial score (nSPS) is 10.3. The van der Waals surface area contributed by atoms with Gasteiger partial charge < -0.3 is 4.98 Å². The van der Waals surface area contributed by atoms with Gasteiger partial charge in [-0.1, -0.05) is 0 Å². The minimum Gasteiger partial charge on any atom is -0.305 e. The first-order valence-corrected chi connectivity index (χ1v) is 4.17. The first kappa shape index (κ1) is 9.51. The molecule has 1 aromatic carbocycles. The van der Waals surface area contributed by atoms with Gasteiger partial charge in [0.15, 0.2) is 0 Å². The van der Waals surface area contributed by atoms with Crippen molar-refractivity contribution >= 4 is 0 Å². The molecule has 76 valence electrons. The monoisotopic (exact) mass is 208 g/mol. The van der Waals surface area contributed by atoms with Crippen molar-refractivity contribution in [1.29, 1.82) is 0 Å². The molecule has 0 bridgehead atoms. The van der Waals surface area contributed by atoms with Crippen LogP contribution in [-0.4, -0.2) is 9.97 Å². The molecule has 0 amide bonds. The average Bonchev–Trinajstić information content (AvgIpc) is 2.16. The van der Waals surface area contributed by atoms with Crippen LogP contribution in [0.5, 0.6) is 0 Å². The molecule has 0 spiro atoms.